The molecule has 0 aromatic heterocycles. The summed E-state index contributed by atoms with van der Waals surface area (Å²) in [6, 6.07) is 10.0. The van der Waals surface area contributed by atoms with Crippen LogP contribution in [0.4, 0.5) is 0 Å². The highest BCUT2D eigenvalue weighted by Crippen LogP contribution is 2.33. The Kier molecular flexibility index (Phi) is 6.91. The molecule has 4 nitrogen and oxygen atoms in total. The van der Waals surface area contributed by atoms with Gasteiger partial charge in [0, 0.05) is 0 Å². The van der Waals surface area contributed by atoms with E-state index in [4.69, 9.17) is 39.5 Å². The first-order chi connectivity index (χ1) is 11.5. The van der Waals surface area contributed by atoms with Gasteiger partial charge in [-0.05, 0) is 36.2 Å². The second-order valence-corrected chi connectivity index (χ2v) is 6.06. The van der Waals surface area contributed by atoms with Gasteiger partial charge in [0.2, 0.25) is 0 Å². The smallest absolute Gasteiger partial charge is 0.272 e. The number of halogens is 3. The molecule has 2 aromatic rings. The van der Waals surface area contributed by atoms with Crippen LogP contribution in [-0.4, -0.2) is 18.7 Å². The van der Waals surface area contributed by atoms with Gasteiger partial charge in [-0.25, -0.2) is 5.43 Å². The highest BCUT2D eigenvalue weighted by molar-refractivity contribution is 6.37. The van der Waals surface area contributed by atoms with E-state index < -0.39 is 5.91 Å². The van der Waals surface area contributed by atoms with Crippen LogP contribution >= 0.6 is 34.8 Å². The number of carbonyl (C=O) groups is 1. The van der Waals surface area contributed by atoms with Gasteiger partial charge in [-0.1, -0.05) is 53.9 Å². The van der Waals surface area contributed by atoms with E-state index in [-0.39, 0.29) is 0 Å². The van der Waals surface area contributed by atoms with Gasteiger partial charge in [-0.2, -0.15) is 5.10 Å². The fourth-order valence-corrected chi connectivity index (χ4v) is 2.70. The third kappa shape index (κ3) is 4.87. The minimum absolute atomic E-state index is 0.343. The molecule has 0 atom stereocenters. The molecule has 0 saturated heterocycles. The van der Waals surface area contributed by atoms with Gasteiger partial charge in [0.1, 0.15) is 0 Å². The van der Waals surface area contributed by atoms with Crippen LogP contribution < -0.4 is 10.2 Å². The number of ether oxygens (including phenoxy) is 1. The molecule has 126 valence electrons. The van der Waals surface area contributed by atoms with Gasteiger partial charge < -0.3 is 4.74 Å². The second-order valence-electron chi connectivity index (χ2n) is 4.84. The molecule has 0 unspecified atom stereocenters. The molecular weight excluding hydrogens is 371 g/mol. The summed E-state index contributed by atoms with van der Waals surface area (Å²) in [6.07, 6.45) is 2.29. The fourth-order valence-electron chi connectivity index (χ4n) is 1.87. The summed E-state index contributed by atoms with van der Waals surface area (Å²) in [6.45, 7) is 2.52. The van der Waals surface area contributed by atoms with E-state index in [1.807, 2.05) is 6.92 Å². The van der Waals surface area contributed by atoms with E-state index in [1.165, 1.54) is 6.21 Å². The molecule has 2 rings (SSSR count). The topological polar surface area (TPSA) is 50.7 Å². The summed E-state index contributed by atoms with van der Waals surface area (Å²) in [5.74, 6) is 0.0365. The van der Waals surface area contributed by atoms with Crippen molar-refractivity contribution in [3.05, 3.63) is 62.6 Å². The molecule has 7 heteroatoms. The molecule has 0 spiro atoms. The monoisotopic (exact) mass is 384 g/mol. The van der Waals surface area contributed by atoms with Gasteiger partial charge in [0.05, 0.1) is 33.5 Å². The van der Waals surface area contributed by atoms with Crippen molar-refractivity contribution in [2.45, 2.75) is 13.3 Å². The van der Waals surface area contributed by atoms with Gasteiger partial charge >= 0.3 is 0 Å². The van der Waals surface area contributed by atoms with Crippen molar-refractivity contribution in [1.82, 2.24) is 5.43 Å². The van der Waals surface area contributed by atoms with Gasteiger partial charge in [0.15, 0.2) is 5.75 Å². The van der Waals surface area contributed by atoms with E-state index in [9.17, 15) is 4.79 Å². The van der Waals surface area contributed by atoms with Crippen molar-refractivity contribution in [3.63, 3.8) is 0 Å². The molecule has 0 aliphatic heterocycles. The SMILES string of the molecule is CCCOc1c(Cl)cc(/C=N\NC(=O)c2ccccc2Cl)cc1Cl. The molecule has 0 radical (unpaired) electrons. The lowest BCUT2D eigenvalue weighted by Gasteiger charge is -2.09. The van der Waals surface area contributed by atoms with Crippen LogP contribution in [0.3, 0.4) is 0 Å². The lowest BCUT2D eigenvalue weighted by Crippen LogP contribution is -2.17. The zero-order valence-electron chi connectivity index (χ0n) is 12.9. The highest BCUT2D eigenvalue weighted by Gasteiger charge is 2.10. The van der Waals surface area contributed by atoms with Crippen LogP contribution in [0.15, 0.2) is 41.5 Å². The molecular formula is C17H15Cl3N2O2. The maximum Gasteiger partial charge on any atom is 0.272 e. The molecule has 1 N–H and O–H groups in total. The standard InChI is InChI=1S/C17H15Cl3N2O2/c1-2-7-24-16-14(19)8-11(9-15(16)20)10-21-22-17(23)12-5-3-4-6-13(12)18/h3-6,8-10H,2,7H2,1H3,(H,22,23)/b21-10-. The summed E-state index contributed by atoms with van der Waals surface area (Å²) in [4.78, 5) is 12.0. The number of carbonyl (C=O) groups excluding carboxylic acids is 1. The first-order valence-electron chi connectivity index (χ1n) is 7.22. The predicted octanol–water partition coefficient (Wildman–Crippen LogP) is 5.20. The van der Waals surface area contributed by atoms with Crippen LogP contribution in [0.1, 0.15) is 29.3 Å². The number of hydrogen-bond acceptors (Lipinski definition) is 3. The van der Waals surface area contributed by atoms with E-state index in [1.54, 1.807) is 36.4 Å². The predicted molar refractivity (Wildman–Crippen MR) is 98.8 cm³/mol. The van der Waals surface area contributed by atoms with E-state index in [2.05, 4.69) is 10.5 Å². The van der Waals surface area contributed by atoms with Crippen LogP contribution in [0.2, 0.25) is 15.1 Å². The Morgan fingerprint density at radius 2 is 1.83 bits per heavy atom. The van der Waals surface area contributed by atoms with Crippen molar-refractivity contribution in [3.8, 4) is 5.75 Å². The number of amides is 1. The molecule has 24 heavy (non-hydrogen) atoms. The van der Waals surface area contributed by atoms with Gasteiger partial charge in [-0.3, -0.25) is 4.79 Å². The van der Waals surface area contributed by atoms with Crippen molar-refractivity contribution >= 4 is 46.9 Å². The van der Waals surface area contributed by atoms with E-state index >= 15 is 0 Å². The number of hydrogen-bond donors (Lipinski definition) is 1. The Hall–Kier alpha value is -1.75. The Labute approximate surface area is 155 Å². The molecule has 0 heterocycles. The minimum atomic E-state index is -0.406. The first kappa shape index (κ1) is 18.6. The average molecular weight is 386 g/mol. The molecule has 0 fully saturated rings. The largest absolute Gasteiger partial charge is 0.490 e. The summed E-state index contributed by atoms with van der Waals surface area (Å²) in [5.41, 5.74) is 3.38. The Morgan fingerprint density at radius 3 is 2.46 bits per heavy atom. The van der Waals surface area contributed by atoms with Gasteiger partial charge in [-0.15, -0.1) is 0 Å². The third-order valence-corrected chi connectivity index (χ3v) is 3.86. The Bertz CT molecular complexity index is 740. The lowest BCUT2D eigenvalue weighted by molar-refractivity contribution is 0.0955. The molecule has 0 saturated carbocycles. The normalized spacial score (nSPS) is 10.8. The van der Waals surface area contributed by atoms with Gasteiger partial charge in [0.25, 0.3) is 5.91 Å². The maximum atomic E-state index is 12.0. The Morgan fingerprint density at radius 1 is 1.17 bits per heavy atom. The number of nitrogens with one attached hydrogen (secondary N) is 1. The summed E-state index contributed by atoms with van der Waals surface area (Å²) < 4.78 is 5.49. The molecule has 0 aliphatic carbocycles. The average Bonchev–Trinajstić information content (AvgIpc) is 2.54. The molecule has 0 aliphatic rings. The zero-order valence-corrected chi connectivity index (χ0v) is 15.1. The molecule has 2 aromatic carbocycles. The maximum absolute atomic E-state index is 12.0. The Balaban J connectivity index is 2.07. The van der Waals surface area contributed by atoms with E-state index in [0.717, 1.165) is 6.42 Å². The fraction of sp³-hybridized carbons (Fsp3) is 0.176. The second kappa shape index (κ2) is 8.92. The van der Waals surface area contributed by atoms with Crippen molar-refractivity contribution in [1.29, 1.82) is 0 Å². The summed E-state index contributed by atoms with van der Waals surface area (Å²) >= 11 is 18.3. The number of rotatable bonds is 6. The number of benzene rings is 2. The van der Waals surface area contributed by atoms with Crippen molar-refractivity contribution in [2.75, 3.05) is 6.61 Å². The number of hydrazone groups is 1. The lowest BCUT2D eigenvalue weighted by atomic mass is 10.2. The van der Waals surface area contributed by atoms with Crippen LogP contribution in [0, 0.1) is 0 Å². The first-order valence-corrected chi connectivity index (χ1v) is 8.36. The van der Waals surface area contributed by atoms with Crippen molar-refractivity contribution < 1.29 is 9.53 Å². The highest BCUT2D eigenvalue weighted by atomic mass is 35.5. The third-order valence-electron chi connectivity index (χ3n) is 2.97. The van der Waals surface area contributed by atoms with Crippen molar-refractivity contribution in [2.24, 2.45) is 5.10 Å². The molecule has 1 amide bonds. The molecule has 0 bridgehead atoms. The van der Waals surface area contributed by atoms with Crippen LogP contribution in [0.5, 0.6) is 5.75 Å². The minimum Gasteiger partial charge on any atom is -0.490 e. The quantitative estimate of drug-likeness (QED) is 0.549. The zero-order chi connectivity index (χ0) is 17.5. The van der Waals surface area contributed by atoms with Crippen LogP contribution in [-0.2, 0) is 0 Å². The van der Waals surface area contributed by atoms with Crippen LogP contribution in [0.25, 0.3) is 0 Å². The summed E-state index contributed by atoms with van der Waals surface area (Å²) in [7, 11) is 0. The van der Waals surface area contributed by atoms with E-state index in [0.29, 0.717) is 38.6 Å². The summed E-state index contributed by atoms with van der Waals surface area (Å²) in [5, 5.41) is 5.02. The number of nitrogens with zero attached hydrogens (tertiary/aromatic N) is 1.